The molecule has 124 valence electrons. The van der Waals surface area contributed by atoms with Crippen LogP contribution in [0.4, 0.5) is 0 Å². The highest BCUT2D eigenvalue weighted by molar-refractivity contribution is 7.99. The molecule has 0 spiro atoms. The van der Waals surface area contributed by atoms with E-state index in [1.54, 1.807) is 11.8 Å². The Balaban J connectivity index is 1.81. The van der Waals surface area contributed by atoms with Gasteiger partial charge >= 0.3 is 0 Å². The van der Waals surface area contributed by atoms with E-state index in [2.05, 4.69) is 15.5 Å². The SMILES string of the molecule is CN(C)CCNC(=O)CCSc1nnc(-c2ccccc2)n1C. The van der Waals surface area contributed by atoms with Crippen LogP contribution < -0.4 is 5.32 Å². The first-order chi connectivity index (χ1) is 11.1. The summed E-state index contributed by atoms with van der Waals surface area (Å²) in [5.41, 5.74) is 1.04. The summed E-state index contributed by atoms with van der Waals surface area (Å²) in [6.45, 7) is 1.53. The van der Waals surface area contributed by atoms with Crippen LogP contribution in [-0.2, 0) is 11.8 Å². The molecule has 1 N–H and O–H groups in total. The predicted octanol–water partition coefficient (Wildman–Crippen LogP) is 1.64. The Bertz CT molecular complexity index is 627. The van der Waals surface area contributed by atoms with Gasteiger partial charge in [0, 0.05) is 37.9 Å². The molecule has 0 fully saturated rings. The van der Waals surface area contributed by atoms with Gasteiger partial charge < -0.3 is 14.8 Å². The zero-order chi connectivity index (χ0) is 16.7. The fraction of sp³-hybridized carbons (Fsp3) is 0.438. The molecular formula is C16H23N5OS. The number of nitrogens with zero attached hydrogens (tertiary/aromatic N) is 4. The highest BCUT2D eigenvalue weighted by Gasteiger charge is 2.11. The lowest BCUT2D eigenvalue weighted by atomic mass is 10.2. The number of carbonyl (C=O) groups is 1. The van der Waals surface area contributed by atoms with Crippen LogP contribution in [0.1, 0.15) is 6.42 Å². The first-order valence-corrected chi connectivity index (χ1v) is 8.55. The zero-order valence-corrected chi connectivity index (χ0v) is 14.6. The van der Waals surface area contributed by atoms with Crippen molar-refractivity contribution in [3.63, 3.8) is 0 Å². The highest BCUT2D eigenvalue weighted by atomic mass is 32.2. The molecule has 23 heavy (non-hydrogen) atoms. The minimum atomic E-state index is 0.0739. The van der Waals surface area contributed by atoms with Gasteiger partial charge in [-0.15, -0.1) is 10.2 Å². The first-order valence-electron chi connectivity index (χ1n) is 7.57. The largest absolute Gasteiger partial charge is 0.355 e. The Morgan fingerprint density at radius 3 is 2.70 bits per heavy atom. The standard InChI is InChI=1S/C16H23N5OS/c1-20(2)11-10-17-14(22)9-12-23-16-19-18-15(21(16)3)13-7-5-4-6-8-13/h4-8H,9-12H2,1-3H3,(H,17,22). The lowest BCUT2D eigenvalue weighted by molar-refractivity contribution is -0.120. The molecule has 1 heterocycles. The molecule has 1 aromatic carbocycles. The second kappa shape index (κ2) is 8.69. The molecule has 1 aromatic heterocycles. The van der Waals surface area contributed by atoms with Crippen LogP contribution in [-0.4, -0.2) is 58.5 Å². The molecule has 6 nitrogen and oxygen atoms in total. The van der Waals surface area contributed by atoms with E-state index in [1.165, 1.54) is 0 Å². The molecule has 7 heteroatoms. The smallest absolute Gasteiger partial charge is 0.220 e. The number of nitrogens with one attached hydrogen (secondary N) is 1. The number of likely N-dealkylation sites (N-methyl/N-ethyl adjacent to an activating group) is 1. The van der Waals surface area contributed by atoms with Crippen LogP contribution in [0, 0.1) is 0 Å². The lowest BCUT2D eigenvalue weighted by Gasteiger charge is -2.10. The Labute approximate surface area is 141 Å². The van der Waals surface area contributed by atoms with E-state index in [1.807, 2.05) is 60.9 Å². The van der Waals surface area contributed by atoms with Gasteiger partial charge in [0.05, 0.1) is 0 Å². The van der Waals surface area contributed by atoms with E-state index in [-0.39, 0.29) is 5.91 Å². The molecule has 0 radical (unpaired) electrons. The van der Waals surface area contributed by atoms with Gasteiger partial charge in [0.15, 0.2) is 11.0 Å². The molecule has 0 atom stereocenters. The van der Waals surface area contributed by atoms with Gasteiger partial charge in [-0.1, -0.05) is 42.1 Å². The topological polar surface area (TPSA) is 63.1 Å². The van der Waals surface area contributed by atoms with E-state index in [9.17, 15) is 4.79 Å². The number of hydrogen-bond acceptors (Lipinski definition) is 5. The Morgan fingerprint density at radius 1 is 1.26 bits per heavy atom. The molecule has 0 aliphatic carbocycles. The van der Waals surface area contributed by atoms with Crippen LogP contribution in [0.2, 0.25) is 0 Å². The molecule has 0 aliphatic rings. The second-order valence-corrected chi connectivity index (χ2v) is 6.54. The van der Waals surface area contributed by atoms with E-state index in [0.717, 1.165) is 23.1 Å². The highest BCUT2D eigenvalue weighted by Crippen LogP contribution is 2.22. The fourth-order valence-corrected chi connectivity index (χ4v) is 2.87. The summed E-state index contributed by atoms with van der Waals surface area (Å²) in [6, 6.07) is 9.96. The van der Waals surface area contributed by atoms with E-state index in [4.69, 9.17) is 0 Å². The van der Waals surface area contributed by atoms with Crippen LogP contribution >= 0.6 is 11.8 Å². The maximum Gasteiger partial charge on any atom is 0.220 e. The Morgan fingerprint density at radius 2 is 2.00 bits per heavy atom. The van der Waals surface area contributed by atoms with E-state index < -0.39 is 0 Å². The number of thioether (sulfide) groups is 1. The van der Waals surface area contributed by atoms with Gasteiger partial charge in [0.25, 0.3) is 0 Å². The number of benzene rings is 1. The normalized spacial score (nSPS) is 11.0. The van der Waals surface area contributed by atoms with Gasteiger partial charge in [-0.2, -0.15) is 0 Å². The van der Waals surface area contributed by atoms with Crippen molar-refractivity contribution in [2.24, 2.45) is 7.05 Å². The lowest BCUT2D eigenvalue weighted by Crippen LogP contribution is -2.31. The quantitative estimate of drug-likeness (QED) is 0.744. The summed E-state index contributed by atoms with van der Waals surface area (Å²) in [4.78, 5) is 13.8. The number of hydrogen-bond donors (Lipinski definition) is 1. The van der Waals surface area contributed by atoms with Crippen molar-refractivity contribution in [2.45, 2.75) is 11.6 Å². The third kappa shape index (κ3) is 5.37. The maximum absolute atomic E-state index is 11.7. The molecule has 0 saturated carbocycles. The minimum absolute atomic E-state index is 0.0739. The third-order valence-electron chi connectivity index (χ3n) is 3.31. The molecule has 0 aliphatic heterocycles. The van der Waals surface area contributed by atoms with Crippen LogP contribution in [0.3, 0.4) is 0 Å². The average Bonchev–Trinajstić information content (AvgIpc) is 2.89. The molecule has 2 aromatic rings. The fourth-order valence-electron chi connectivity index (χ4n) is 2.02. The number of rotatable bonds is 8. The summed E-state index contributed by atoms with van der Waals surface area (Å²) in [5, 5.41) is 12.2. The second-order valence-electron chi connectivity index (χ2n) is 5.48. The Hall–Kier alpha value is -1.86. The number of amides is 1. The summed E-state index contributed by atoms with van der Waals surface area (Å²) < 4.78 is 1.96. The molecule has 0 bridgehead atoms. The summed E-state index contributed by atoms with van der Waals surface area (Å²) in [7, 11) is 5.92. The minimum Gasteiger partial charge on any atom is -0.355 e. The molecule has 1 amide bonds. The van der Waals surface area contributed by atoms with Crippen LogP contribution in [0.5, 0.6) is 0 Å². The molecular weight excluding hydrogens is 310 g/mol. The predicted molar refractivity (Wildman–Crippen MR) is 93.3 cm³/mol. The van der Waals surface area contributed by atoms with Crippen molar-refractivity contribution in [3.05, 3.63) is 30.3 Å². The van der Waals surface area contributed by atoms with Crippen molar-refractivity contribution in [2.75, 3.05) is 32.9 Å². The van der Waals surface area contributed by atoms with E-state index >= 15 is 0 Å². The van der Waals surface area contributed by atoms with Gasteiger partial charge in [0.1, 0.15) is 0 Å². The average molecular weight is 333 g/mol. The Kier molecular flexibility index (Phi) is 6.61. The zero-order valence-electron chi connectivity index (χ0n) is 13.8. The first kappa shape index (κ1) is 17.5. The summed E-state index contributed by atoms with van der Waals surface area (Å²) in [6.07, 6.45) is 0.478. The maximum atomic E-state index is 11.7. The van der Waals surface area contributed by atoms with Crippen LogP contribution in [0.25, 0.3) is 11.4 Å². The summed E-state index contributed by atoms with van der Waals surface area (Å²) in [5.74, 6) is 1.60. The van der Waals surface area contributed by atoms with Gasteiger partial charge in [-0.25, -0.2) is 0 Å². The van der Waals surface area contributed by atoms with Crippen molar-refractivity contribution < 1.29 is 4.79 Å². The summed E-state index contributed by atoms with van der Waals surface area (Å²) >= 11 is 1.55. The van der Waals surface area contributed by atoms with Crippen molar-refractivity contribution in [1.82, 2.24) is 25.0 Å². The monoisotopic (exact) mass is 333 g/mol. The van der Waals surface area contributed by atoms with Crippen molar-refractivity contribution in [3.8, 4) is 11.4 Å². The molecule has 2 rings (SSSR count). The van der Waals surface area contributed by atoms with Gasteiger partial charge in [-0.05, 0) is 14.1 Å². The van der Waals surface area contributed by atoms with Gasteiger partial charge in [-0.3, -0.25) is 4.79 Å². The van der Waals surface area contributed by atoms with Crippen molar-refractivity contribution >= 4 is 17.7 Å². The van der Waals surface area contributed by atoms with E-state index in [0.29, 0.717) is 18.7 Å². The van der Waals surface area contributed by atoms with Crippen LogP contribution in [0.15, 0.2) is 35.5 Å². The molecule has 0 saturated heterocycles. The van der Waals surface area contributed by atoms with Crippen molar-refractivity contribution in [1.29, 1.82) is 0 Å². The number of carbonyl (C=O) groups excluding carboxylic acids is 1. The molecule has 0 unspecified atom stereocenters. The number of aromatic nitrogens is 3. The third-order valence-corrected chi connectivity index (χ3v) is 4.33. The van der Waals surface area contributed by atoms with Gasteiger partial charge in [0.2, 0.25) is 5.91 Å².